The molecule has 0 aromatic heterocycles. The van der Waals surface area contributed by atoms with Crippen molar-refractivity contribution in [3.63, 3.8) is 0 Å². The summed E-state index contributed by atoms with van der Waals surface area (Å²) in [6.45, 7) is 2.17. The molecule has 4 nitrogen and oxygen atoms in total. The minimum atomic E-state index is -0.318. The lowest BCUT2D eigenvalue weighted by Crippen LogP contribution is -2.07. The average molecular weight is 346 g/mol. The Kier molecular flexibility index (Phi) is 3.86. The summed E-state index contributed by atoms with van der Waals surface area (Å²) in [5, 5.41) is 14.2. The van der Waals surface area contributed by atoms with Gasteiger partial charge >= 0.3 is 0 Å². The second-order valence-corrected chi connectivity index (χ2v) is 5.70. The quantitative estimate of drug-likeness (QED) is 0.501. The normalized spacial score (nSPS) is 22.2. The molecule has 1 saturated carbocycles. The summed E-state index contributed by atoms with van der Waals surface area (Å²) in [4.78, 5) is 10.6. The van der Waals surface area contributed by atoms with E-state index in [1.54, 1.807) is 12.1 Å². The molecule has 0 amide bonds. The summed E-state index contributed by atoms with van der Waals surface area (Å²) in [7, 11) is 0. The molecule has 2 unspecified atom stereocenters. The van der Waals surface area contributed by atoms with E-state index in [4.69, 9.17) is 0 Å². The van der Waals surface area contributed by atoms with Gasteiger partial charge in [-0.3, -0.25) is 10.1 Å². The molecule has 1 aromatic carbocycles. The number of nitro groups is 1. The first-order valence-corrected chi connectivity index (χ1v) is 6.90. The Balaban J connectivity index is 2.08. The fourth-order valence-corrected chi connectivity index (χ4v) is 2.57. The van der Waals surface area contributed by atoms with Crippen LogP contribution < -0.4 is 5.32 Å². The maximum Gasteiger partial charge on any atom is 0.293 e. The van der Waals surface area contributed by atoms with E-state index in [1.165, 1.54) is 12.8 Å². The maximum absolute atomic E-state index is 10.9. The van der Waals surface area contributed by atoms with Crippen molar-refractivity contribution < 1.29 is 4.92 Å². The molecule has 1 aliphatic carbocycles. The monoisotopic (exact) mass is 346 g/mol. The van der Waals surface area contributed by atoms with Crippen molar-refractivity contribution in [2.24, 2.45) is 5.92 Å². The van der Waals surface area contributed by atoms with Gasteiger partial charge in [0.05, 0.1) is 4.92 Å². The SMILES string of the molecule is CCCC1CC1Nc1ccc(I)cc1[N+](=O)[O-]. The minimum absolute atomic E-state index is 0.180. The number of hydrogen-bond acceptors (Lipinski definition) is 3. The van der Waals surface area contributed by atoms with E-state index in [-0.39, 0.29) is 10.6 Å². The van der Waals surface area contributed by atoms with Crippen molar-refractivity contribution in [1.82, 2.24) is 0 Å². The molecule has 2 atom stereocenters. The standard InChI is InChI=1S/C12H15IN2O2/c1-2-3-8-6-11(8)14-10-5-4-9(13)7-12(10)15(16)17/h4-5,7-8,11,14H,2-3,6H2,1H3. The largest absolute Gasteiger partial charge is 0.376 e. The minimum Gasteiger partial charge on any atom is -0.376 e. The third kappa shape index (κ3) is 3.08. The predicted octanol–water partition coefficient (Wildman–Crippen LogP) is 3.80. The average Bonchev–Trinajstić information content (AvgIpc) is 2.99. The summed E-state index contributed by atoms with van der Waals surface area (Å²) in [6.07, 6.45) is 3.52. The Bertz CT molecular complexity index is 437. The maximum atomic E-state index is 10.9. The van der Waals surface area contributed by atoms with E-state index in [2.05, 4.69) is 34.8 Å². The van der Waals surface area contributed by atoms with Crippen molar-refractivity contribution in [2.45, 2.75) is 32.2 Å². The molecular formula is C12H15IN2O2. The Morgan fingerprint density at radius 3 is 3.00 bits per heavy atom. The smallest absolute Gasteiger partial charge is 0.293 e. The fourth-order valence-electron chi connectivity index (χ4n) is 2.09. The van der Waals surface area contributed by atoms with Gasteiger partial charge in [0.15, 0.2) is 0 Å². The van der Waals surface area contributed by atoms with E-state index in [1.807, 2.05) is 6.07 Å². The molecule has 1 fully saturated rings. The molecule has 0 bridgehead atoms. The molecule has 0 saturated heterocycles. The summed E-state index contributed by atoms with van der Waals surface area (Å²) >= 11 is 2.09. The van der Waals surface area contributed by atoms with E-state index in [0.717, 1.165) is 9.99 Å². The van der Waals surface area contributed by atoms with Crippen LogP contribution in [0.5, 0.6) is 0 Å². The van der Waals surface area contributed by atoms with Crippen LogP contribution in [0.2, 0.25) is 0 Å². The van der Waals surface area contributed by atoms with Gasteiger partial charge in [0.25, 0.3) is 5.69 Å². The number of nitro benzene ring substituents is 1. The van der Waals surface area contributed by atoms with E-state index < -0.39 is 0 Å². The second-order valence-electron chi connectivity index (χ2n) is 4.45. The number of nitrogens with zero attached hydrogens (tertiary/aromatic N) is 1. The molecule has 0 aliphatic heterocycles. The highest BCUT2D eigenvalue weighted by Gasteiger charge is 2.36. The number of hydrogen-bond donors (Lipinski definition) is 1. The summed E-state index contributed by atoms with van der Waals surface area (Å²) in [5.74, 6) is 0.693. The molecule has 0 spiro atoms. The molecule has 1 aliphatic rings. The Morgan fingerprint density at radius 2 is 2.35 bits per heavy atom. The van der Waals surface area contributed by atoms with Crippen LogP contribution in [-0.4, -0.2) is 11.0 Å². The first-order valence-electron chi connectivity index (χ1n) is 5.82. The number of anilines is 1. The van der Waals surface area contributed by atoms with Crippen LogP contribution in [0, 0.1) is 19.6 Å². The zero-order chi connectivity index (χ0) is 12.4. The van der Waals surface area contributed by atoms with E-state index >= 15 is 0 Å². The molecule has 1 aromatic rings. The lowest BCUT2D eigenvalue weighted by Gasteiger charge is -2.06. The summed E-state index contributed by atoms with van der Waals surface area (Å²) in [5.41, 5.74) is 0.832. The van der Waals surface area contributed by atoms with Gasteiger partial charge in [0.1, 0.15) is 5.69 Å². The van der Waals surface area contributed by atoms with Crippen LogP contribution in [0.3, 0.4) is 0 Å². The molecule has 92 valence electrons. The molecule has 1 N–H and O–H groups in total. The Hall–Kier alpha value is -0.850. The van der Waals surface area contributed by atoms with Crippen LogP contribution in [-0.2, 0) is 0 Å². The predicted molar refractivity (Wildman–Crippen MR) is 76.2 cm³/mol. The van der Waals surface area contributed by atoms with Gasteiger partial charge in [-0.1, -0.05) is 13.3 Å². The molecule has 0 radical (unpaired) electrons. The van der Waals surface area contributed by atoms with Crippen LogP contribution >= 0.6 is 22.6 Å². The molecule has 0 heterocycles. The van der Waals surface area contributed by atoms with Crippen molar-refractivity contribution in [3.8, 4) is 0 Å². The third-order valence-corrected chi connectivity index (χ3v) is 3.75. The van der Waals surface area contributed by atoms with Crippen molar-refractivity contribution in [2.75, 3.05) is 5.32 Å². The van der Waals surface area contributed by atoms with Gasteiger partial charge in [-0.2, -0.15) is 0 Å². The van der Waals surface area contributed by atoms with Crippen LogP contribution in [0.1, 0.15) is 26.2 Å². The van der Waals surface area contributed by atoms with Gasteiger partial charge in [-0.25, -0.2) is 0 Å². The van der Waals surface area contributed by atoms with E-state index in [9.17, 15) is 10.1 Å². The van der Waals surface area contributed by atoms with Crippen LogP contribution in [0.25, 0.3) is 0 Å². The van der Waals surface area contributed by atoms with Crippen LogP contribution in [0.4, 0.5) is 11.4 Å². The molecule has 17 heavy (non-hydrogen) atoms. The van der Waals surface area contributed by atoms with Gasteiger partial charge in [-0.15, -0.1) is 0 Å². The van der Waals surface area contributed by atoms with Crippen LogP contribution in [0.15, 0.2) is 18.2 Å². The third-order valence-electron chi connectivity index (χ3n) is 3.08. The first kappa shape index (κ1) is 12.6. The molecule has 5 heteroatoms. The first-order chi connectivity index (χ1) is 8.11. The van der Waals surface area contributed by atoms with Crippen molar-refractivity contribution >= 4 is 34.0 Å². The Morgan fingerprint density at radius 1 is 1.59 bits per heavy atom. The highest BCUT2D eigenvalue weighted by Crippen LogP contribution is 2.39. The van der Waals surface area contributed by atoms with Gasteiger partial charge in [0, 0.05) is 15.7 Å². The highest BCUT2D eigenvalue weighted by atomic mass is 127. The second kappa shape index (κ2) is 5.20. The summed E-state index contributed by atoms with van der Waals surface area (Å²) < 4.78 is 0.890. The van der Waals surface area contributed by atoms with Gasteiger partial charge in [-0.05, 0) is 53.5 Å². The fraction of sp³-hybridized carbons (Fsp3) is 0.500. The number of benzene rings is 1. The zero-order valence-corrected chi connectivity index (χ0v) is 11.8. The lowest BCUT2D eigenvalue weighted by atomic mass is 10.2. The van der Waals surface area contributed by atoms with Crippen molar-refractivity contribution in [3.05, 3.63) is 31.9 Å². The highest BCUT2D eigenvalue weighted by molar-refractivity contribution is 14.1. The topological polar surface area (TPSA) is 55.2 Å². The van der Waals surface area contributed by atoms with E-state index in [0.29, 0.717) is 17.6 Å². The molecule has 2 rings (SSSR count). The summed E-state index contributed by atoms with van der Waals surface area (Å²) in [6, 6.07) is 5.74. The Labute approximate surface area is 114 Å². The van der Waals surface area contributed by atoms with Gasteiger partial charge < -0.3 is 5.32 Å². The van der Waals surface area contributed by atoms with Gasteiger partial charge in [0.2, 0.25) is 0 Å². The van der Waals surface area contributed by atoms with Crippen molar-refractivity contribution in [1.29, 1.82) is 0 Å². The zero-order valence-electron chi connectivity index (χ0n) is 9.65. The number of rotatable bonds is 5. The lowest BCUT2D eigenvalue weighted by molar-refractivity contribution is -0.384. The number of halogens is 1. The molecular weight excluding hydrogens is 331 g/mol. The number of nitrogens with one attached hydrogen (secondary N) is 1.